The van der Waals surface area contributed by atoms with E-state index in [-0.39, 0.29) is 74.7 Å². The van der Waals surface area contributed by atoms with Crippen LogP contribution in [0.1, 0.15) is 72.8 Å². The number of ketones is 1. The maximum absolute atomic E-state index is 12.8. The van der Waals surface area contributed by atoms with Crippen molar-refractivity contribution in [3.05, 3.63) is 90.6 Å². The Hall–Kier alpha value is -6.06. The van der Waals surface area contributed by atoms with E-state index in [1.54, 1.807) is 7.11 Å². The number of carbonyl (C=O) groups excluding carboxylic acids is 4. The molecule has 2 aromatic rings. The predicted octanol–water partition coefficient (Wildman–Crippen LogP) is 1.13. The molecule has 0 aliphatic carbocycles. The first-order valence-electron chi connectivity index (χ1n) is 19.2. The van der Waals surface area contributed by atoms with Gasteiger partial charge in [0.2, 0.25) is 28.1 Å². The third-order valence-electron chi connectivity index (χ3n) is 8.90. The maximum atomic E-state index is 12.8. The number of hydrogen-bond acceptors (Lipinski definition) is 15. The minimum Gasteiger partial charge on any atom is -0.504 e. The van der Waals surface area contributed by atoms with Crippen molar-refractivity contribution in [2.45, 2.75) is 70.5 Å². The number of nitrogens with zero attached hydrogens (tertiary/aromatic N) is 3. The molecule has 0 spiro atoms. The van der Waals surface area contributed by atoms with Gasteiger partial charge in [-0.3, -0.25) is 38.9 Å². The molecule has 0 saturated carbocycles. The van der Waals surface area contributed by atoms with E-state index >= 15 is 0 Å². The summed E-state index contributed by atoms with van der Waals surface area (Å²) in [6, 6.07) is 2.35. The molecular formula is C39H59N7O14. The lowest BCUT2D eigenvalue weighted by Gasteiger charge is -2.25. The molecule has 0 aliphatic rings. The number of aliphatic hydroxyl groups excluding tert-OH is 1. The van der Waals surface area contributed by atoms with Gasteiger partial charge < -0.3 is 59.9 Å². The van der Waals surface area contributed by atoms with Crippen LogP contribution in [0.15, 0.2) is 58.2 Å². The second kappa shape index (κ2) is 28.4. The number of nitro groups is 1. The van der Waals surface area contributed by atoms with E-state index < -0.39 is 57.2 Å². The minimum atomic E-state index is -1.30. The predicted molar refractivity (Wildman–Crippen MR) is 220 cm³/mol. The number of amides is 3. The Bertz CT molecular complexity index is 1890. The summed E-state index contributed by atoms with van der Waals surface area (Å²) in [7, 11) is 6.01. The van der Waals surface area contributed by atoms with Crippen molar-refractivity contribution in [1.82, 2.24) is 30.4 Å². The van der Waals surface area contributed by atoms with Gasteiger partial charge in [-0.15, -0.1) is 0 Å². The van der Waals surface area contributed by atoms with Gasteiger partial charge in [0, 0.05) is 135 Å². The maximum Gasteiger partial charge on any atom is 0.271 e. The zero-order valence-electron chi connectivity index (χ0n) is 34.8. The number of nitrogens with one attached hydrogen (secondary N) is 4. The van der Waals surface area contributed by atoms with Crippen molar-refractivity contribution in [3.63, 3.8) is 0 Å². The number of aromatic nitrogens is 2. The van der Waals surface area contributed by atoms with Crippen LogP contribution in [0.3, 0.4) is 0 Å². The molecule has 0 aliphatic heterocycles. The molecule has 21 heteroatoms. The van der Waals surface area contributed by atoms with Crippen molar-refractivity contribution in [2.75, 3.05) is 67.8 Å². The van der Waals surface area contributed by atoms with Gasteiger partial charge in [-0.25, -0.2) is 0 Å². The number of ether oxygens (including phenoxy) is 3. The summed E-state index contributed by atoms with van der Waals surface area (Å²) in [6.45, 7) is 4.32. The van der Waals surface area contributed by atoms with Crippen LogP contribution in [-0.2, 0) is 36.9 Å². The van der Waals surface area contributed by atoms with Gasteiger partial charge in [-0.1, -0.05) is 6.92 Å². The van der Waals surface area contributed by atoms with Crippen LogP contribution in [-0.4, -0.2) is 126 Å². The van der Waals surface area contributed by atoms with Gasteiger partial charge in [0.15, 0.2) is 28.6 Å². The monoisotopic (exact) mass is 849 g/mol. The Morgan fingerprint density at radius 1 is 0.800 bits per heavy atom. The molecule has 21 nitrogen and oxygen atoms in total. The molecule has 0 radical (unpaired) electrons. The highest BCUT2D eigenvalue weighted by molar-refractivity contribution is 6.06. The van der Waals surface area contributed by atoms with E-state index in [4.69, 9.17) is 14.2 Å². The van der Waals surface area contributed by atoms with Crippen molar-refractivity contribution < 1.29 is 53.6 Å². The van der Waals surface area contributed by atoms with E-state index in [0.29, 0.717) is 32.7 Å². The summed E-state index contributed by atoms with van der Waals surface area (Å²) >= 11 is 0. The summed E-state index contributed by atoms with van der Waals surface area (Å²) in [5, 5.41) is 52.1. The molecule has 2 rings (SSSR count). The second-order valence-corrected chi connectivity index (χ2v) is 13.2. The zero-order valence-corrected chi connectivity index (χ0v) is 34.8. The topological polar surface area (TPSA) is 292 Å². The van der Waals surface area contributed by atoms with E-state index in [1.807, 2.05) is 6.92 Å². The van der Waals surface area contributed by atoms with Gasteiger partial charge in [-0.2, -0.15) is 0 Å². The van der Waals surface area contributed by atoms with Gasteiger partial charge in [0.25, 0.3) is 11.8 Å². The van der Waals surface area contributed by atoms with Gasteiger partial charge >= 0.3 is 0 Å². The fraction of sp³-hybridized carbons (Fsp3) is 0.538. The van der Waals surface area contributed by atoms with E-state index in [1.165, 1.54) is 55.1 Å². The SMILES string of the molecule is CCCC(CCCNC(=O)/C=C(\O)C(=O)/C=C\NCCCOC)(CCCNC(=O)c1c(O)c(=O)ccn1CCOC)[N+](=O)[O-].CNC(=O)c1c(O)c(=O)ccn1CCOC. The van der Waals surface area contributed by atoms with Crippen molar-refractivity contribution in [2.24, 2.45) is 0 Å². The summed E-state index contributed by atoms with van der Waals surface area (Å²) < 4.78 is 17.6. The molecule has 0 aromatic carbocycles. The fourth-order valence-electron chi connectivity index (χ4n) is 5.79. The molecule has 7 N–H and O–H groups in total. The van der Waals surface area contributed by atoms with Crippen molar-refractivity contribution >= 4 is 23.5 Å². The van der Waals surface area contributed by atoms with E-state index in [0.717, 1.165) is 24.6 Å². The van der Waals surface area contributed by atoms with Gasteiger partial charge in [0.1, 0.15) is 0 Å². The number of rotatable bonds is 27. The number of pyridine rings is 2. The number of aliphatic hydroxyl groups is 1. The lowest BCUT2D eigenvalue weighted by molar-refractivity contribution is -0.574. The van der Waals surface area contributed by atoms with Crippen LogP contribution in [0, 0.1) is 10.1 Å². The summed E-state index contributed by atoms with van der Waals surface area (Å²) in [4.78, 5) is 83.3. The molecule has 2 aromatic heterocycles. The Labute approximate surface area is 347 Å². The Morgan fingerprint density at radius 2 is 1.32 bits per heavy atom. The van der Waals surface area contributed by atoms with Crippen LogP contribution in [0.2, 0.25) is 0 Å². The molecule has 3 amide bonds. The molecule has 0 saturated heterocycles. The molecule has 2 heterocycles. The number of aromatic hydroxyl groups is 2. The van der Waals surface area contributed by atoms with Crippen LogP contribution >= 0.6 is 0 Å². The highest BCUT2D eigenvalue weighted by Crippen LogP contribution is 2.29. The third-order valence-corrected chi connectivity index (χ3v) is 8.90. The Morgan fingerprint density at radius 3 is 1.80 bits per heavy atom. The van der Waals surface area contributed by atoms with Crippen LogP contribution < -0.4 is 32.1 Å². The van der Waals surface area contributed by atoms with Crippen LogP contribution in [0.4, 0.5) is 0 Å². The first kappa shape index (κ1) is 52.0. The highest BCUT2D eigenvalue weighted by Gasteiger charge is 2.40. The van der Waals surface area contributed by atoms with Crippen molar-refractivity contribution in [3.8, 4) is 11.5 Å². The molecule has 0 bridgehead atoms. The first-order chi connectivity index (χ1) is 28.6. The minimum absolute atomic E-state index is 0.0490. The number of hydrogen-bond donors (Lipinski definition) is 7. The smallest absolute Gasteiger partial charge is 0.271 e. The second-order valence-electron chi connectivity index (χ2n) is 13.2. The van der Waals surface area contributed by atoms with Crippen LogP contribution in [0.5, 0.6) is 11.5 Å². The van der Waals surface area contributed by atoms with E-state index in [9.17, 15) is 54.2 Å². The largest absolute Gasteiger partial charge is 0.504 e. The van der Waals surface area contributed by atoms with Gasteiger partial charge in [0.05, 0.1) is 13.2 Å². The normalized spacial score (nSPS) is 12.2. The zero-order chi connectivity index (χ0) is 45.1. The standard InChI is InChI=1S/C29H45N5O10.C10H14N2O4/c1-4-10-29(34(41)42,11-5-14-31-25(38)21-24(37)22(35)8-16-30-13-7-19-43-2)12-6-15-32-28(40)26-27(39)23(36)9-17-33(26)18-20-44-3;1-11-10(15)8-9(14)7(13)3-4-12(8)5-6-16-2/h8-9,16-17,21,30,37,39H,4-7,10-15,18-20H2,1-3H3,(H,31,38)(H,32,40);3-4,14H,5-6H2,1-2H3,(H,11,15)/b16-8-,24-21-;. The number of carbonyl (C=O) groups is 4. The van der Waals surface area contributed by atoms with Crippen LogP contribution in [0.25, 0.3) is 0 Å². The van der Waals surface area contributed by atoms with Crippen molar-refractivity contribution in [1.29, 1.82) is 0 Å². The lowest BCUT2D eigenvalue weighted by Crippen LogP contribution is -2.40. The molecule has 60 heavy (non-hydrogen) atoms. The quantitative estimate of drug-likeness (QED) is 0.0218. The molecule has 1 unspecified atom stereocenters. The summed E-state index contributed by atoms with van der Waals surface area (Å²) in [5.74, 6) is -4.65. The summed E-state index contributed by atoms with van der Waals surface area (Å²) in [5.41, 5.74) is -2.84. The highest BCUT2D eigenvalue weighted by atomic mass is 16.6. The summed E-state index contributed by atoms with van der Waals surface area (Å²) in [6.07, 6.45) is 8.38. The first-order valence-corrected chi connectivity index (χ1v) is 19.2. The fourth-order valence-corrected chi connectivity index (χ4v) is 5.79. The van der Waals surface area contributed by atoms with E-state index in [2.05, 4.69) is 21.3 Å². The molecule has 1 atom stereocenters. The number of methoxy groups -OCH3 is 3. The Balaban J connectivity index is 0.000000934. The average molecular weight is 850 g/mol. The molecule has 0 fully saturated rings. The Kier molecular flexibility index (Phi) is 24.6. The lowest BCUT2D eigenvalue weighted by atomic mass is 9.84. The molecule has 334 valence electrons. The third kappa shape index (κ3) is 17.4. The number of allylic oxidation sites excluding steroid dienone is 1. The average Bonchev–Trinajstić information content (AvgIpc) is 3.22. The molecular weight excluding hydrogens is 790 g/mol. The van der Waals surface area contributed by atoms with Gasteiger partial charge in [-0.05, 0) is 25.7 Å².